The molecule has 1 fully saturated rings. The van der Waals surface area contributed by atoms with Crippen molar-refractivity contribution in [1.82, 2.24) is 24.2 Å². The van der Waals surface area contributed by atoms with Gasteiger partial charge < -0.3 is 5.32 Å². The van der Waals surface area contributed by atoms with Crippen LogP contribution in [-0.2, 0) is 10.0 Å². The molecule has 1 unspecified atom stereocenters. The number of fused-ring (bicyclic) bond motifs is 1. The molecule has 0 spiro atoms. The van der Waals surface area contributed by atoms with E-state index in [0.29, 0.717) is 36.5 Å². The maximum Gasteiger partial charge on any atom is 0.251 e. The van der Waals surface area contributed by atoms with Crippen molar-refractivity contribution >= 4 is 33.3 Å². The van der Waals surface area contributed by atoms with E-state index in [9.17, 15) is 13.2 Å². The number of hydrogen-bond donors (Lipinski definition) is 1. The normalized spacial score (nSPS) is 16.4. The molecule has 33 heavy (non-hydrogen) atoms. The van der Waals surface area contributed by atoms with E-state index in [2.05, 4.69) is 15.5 Å². The summed E-state index contributed by atoms with van der Waals surface area (Å²) in [5.41, 5.74) is 1.02. The van der Waals surface area contributed by atoms with Gasteiger partial charge in [-0.15, -0.1) is 10.2 Å². The second-order valence-electron chi connectivity index (χ2n) is 8.14. The first kappa shape index (κ1) is 23.7. The van der Waals surface area contributed by atoms with Crippen molar-refractivity contribution in [2.24, 2.45) is 0 Å². The lowest BCUT2D eigenvalue weighted by Crippen LogP contribution is -2.33. The van der Waals surface area contributed by atoms with Crippen LogP contribution in [0.4, 0.5) is 0 Å². The molecule has 8 nitrogen and oxygen atoms in total. The van der Waals surface area contributed by atoms with Crippen molar-refractivity contribution in [2.75, 3.05) is 25.1 Å². The van der Waals surface area contributed by atoms with Crippen molar-refractivity contribution < 1.29 is 13.2 Å². The average molecular weight is 488 g/mol. The topological polar surface area (TPSA) is 96.7 Å². The Morgan fingerprint density at radius 2 is 1.88 bits per heavy atom. The molecule has 176 valence electrons. The summed E-state index contributed by atoms with van der Waals surface area (Å²) in [4.78, 5) is 13.3. The summed E-state index contributed by atoms with van der Waals surface area (Å²) < 4.78 is 29.8. The van der Waals surface area contributed by atoms with Crippen molar-refractivity contribution in [3.63, 3.8) is 0 Å². The quantitative estimate of drug-likeness (QED) is 0.522. The van der Waals surface area contributed by atoms with Crippen molar-refractivity contribution in [3.05, 3.63) is 60.0 Å². The van der Waals surface area contributed by atoms with Gasteiger partial charge in [-0.25, -0.2) is 8.42 Å². The van der Waals surface area contributed by atoms with Crippen LogP contribution in [0.5, 0.6) is 0 Å². The molecule has 1 atom stereocenters. The van der Waals surface area contributed by atoms with Crippen LogP contribution < -0.4 is 5.32 Å². The minimum absolute atomic E-state index is 0.158. The Hall–Kier alpha value is -2.43. The number of carbonyl (C=O) groups is 1. The van der Waals surface area contributed by atoms with E-state index in [1.807, 2.05) is 35.1 Å². The number of pyridine rings is 1. The van der Waals surface area contributed by atoms with Gasteiger partial charge in [0.1, 0.15) is 0 Å². The number of nitrogens with one attached hydrogen (secondary N) is 1. The van der Waals surface area contributed by atoms with Crippen LogP contribution in [0, 0.1) is 0 Å². The number of sulfonamides is 1. The Morgan fingerprint density at radius 1 is 1.09 bits per heavy atom. The molecule has 3 heterocycles. The Balaban J connectivity index is 1.57. The van der Waals surface area contributed by atoms with E-state index in [1.165, 1.54) is 6.07 Å². The predicted octanol–water partition coefficient (Wildman–Crippen LogP) is 3.52. The molecule has 0 aliphatic carbocycles. The molecule has 1 N–H and O–H groups in total. The summed E-state index contributed by atoms with van der Waals surface area (Å²) in [5.74, 6) is 1.15. The summed E-state index contributed by atoms with van der Waals surface area (Å²) in [7, 11) is -3.63. The number of hydrogen-bond acceptors (Lipinski definition) is 6. The standard InChI is InChI=1S/C23H29N5O3S2/c1-32-16-12-20(22-26-25-21-11-4-7-15-28(21)22)24-23(29)18-9-8-10-19(17-18)33(30,31)27-13-5-2-3-6-14-27/h4,7-11,15,17,20H,2-3,5-6,12-14,16H2,1H3,(H,24,29). The first-order valence-electron chi connectivity index (χ1n) is 11.2. The lowest BCUT2D eigenvalue weighted by atomic mass is 10.1. The largest absolute Gasteiger partial charge is 0.342 e. The van der Waals surface area contributed by atoms with E-state index in [0.717, 1.165) is 31.4 Å². The number of benzene rings is 1. The van der Waals surface area contributed by atoms with E-state index < -0.39 is 10.0 Å². The smallest absolute Gasteiger partial charge is 0.251 e. The van der Waals surface area contributed by atoms with Gasteiger partial charge in [0, 0.05) is 24.8 Å². The highest BCUT2D eigenvalue weighted by Gasteiger charge is 2.27. The lowest BCUT2D eigenvalue weighted by Gasteiger charge is -2.20. The highest BCUT2D eigenvalue weighted by Crippen LogP contribution is 2.23. The van der Waals surface area contributed by atoms with E-state index in [4.69, 9.17) is 0 Å². The molecule has 10 heteroatoms. The Kier molecular flexibility index (Phi) is 7.67. The number of aromatic nitrogens is 3. The molecule has 2 aromatic heterocycles. The van der Waals surface area contributed by atoms with Gasteiger partial charge in [-0.2, -0.15) is 16.1 Å². The van der Waals surface area contributed by atoms with Gasteiger partial charge >= 0.3 is 0 Å². The van der Waals surface area contributed by atoms with Gasteiger partial charge in [-0.3, -0.25) is 9.20 Å². The van der Waals surface area contributed by atoms with Crippen molar-refractivity contribution in [3.8, 4) is 0 Å². The lowest BCUT2D eigenvalue weighted by molar-refractivity contribution is 0.0933. The minimum Gasteiger partial charge on any atom is -0.342 e. The molecule has 1 aliphatic rings. The van der Waals surface area contributed by atoms with E-state index in [1.54, 1.807) is 34.3 Å². The molecule has 0 radical (unpaired) electrons. The maximum absolute atomic E-state index is 13.2. The zero-order valence-corrected chi connectivity index (χ0v) is 20.3. The van der Waals surface area contributed by atoms with Gasteiger partial charge in [0.15, 0.2) is 11.5 Å². The second-order valence-corrected chi connectivity index (χ2v) is 11.1. The highest BCUT2D eigenvalue weighted by atomic mass is 32.2. The van der Waals surface area contributed by atoms with Crippen LogP contribution in [0.3, 0.4) is 0 Å². The zero-order chi connectivity index (χ0) is 23.3. The third-order valence-corrected chi connectivity index (χ3v) is 8.41. The summed E-state index contributed by atoms with van der Waals surface area (Å²) in [6.45, 7) is 1.05. The SMILES string of the molecule is CSCCC(NC(=O)c1cccc(S(=O)(=O)N2CCCCCC2)c1)c1nnc2ccccn12. The molecular weight excluding hydrogens is 458 g/mol. The summed E-state index contributed by atoms with van der Waals surface area (Å²) >= 11 is 1.69. The summed E-state index contributed by atoms with van der Waals surface area (Å²) in [5, 5.41) is 11.6. The first-order chi connectivity index (χ1) is 16.0. The van der Waals surface area contributed by atoms with Crippen LogP contribution in [0.25, 0.3) is 5.65 Å². The number of thioether (sulfide) groups is 1. The first-order valence-corrected chi connectivity index (χ1v) is 14.0. The Morgan fingerprint density at radius 3 is 2.64 bits per heavy atom. The Bertz CT molecular complexity index is 1200. The molecular formula is C23H29N5O3S2. The zero-order valence-electron chi connectivity index (χ0n) is 18.7. The van der Waals surface area contributed by atoms with Crippen molar-refractivity contribution in [2.45, 2.75) is 43.0 Å². The van der Waals surface area contributed by atoms with Gasteiger partial charge in [0.2, 0.25) is 10.0 Å². The van der Waals surface area contributed by atoms with E-state index in [-0.39, 0.29) is 16.8 Å². The fourth-order valence-electron chi connectivity index (χ4n) is 4.07. The third kappa shape index (κ3) is 5.39. The molecule has 0 bridgehead atoms. The summed E-state index contributed by atoms with van der Waals surface area (Å²) in [6.07, 6.45) is 8.38. The van der Waals surface area contributed by atoms with Gasteiger partial charge in [0.25, 0.3) is 5.91 Å². The van der Waals surface area contributed by atoms with E-state index >= 15 is 0 Å². The molecule has 1 saturated heterocycles. The van der Waals surface area contributed by atoms with Gasteiger partial charge in [-0.1, -0.05) is 25.0 Å². The molecule has 1 aromatic carbocycles. The fourth-order valence-corrected chi connectivity index (χ4v) is 6.10. The third-order valence-electron chi connectivity index (χ3n) is 5.87. The number of amides is 1. The van der Waals surface area contributed by atoms with Crippen molar-refractivity contribution in [1.29, 1.82) is 0 Å². The predicted molar refractivity (Wildman–Crippen MR) is 130 cm³/mol. The molecule has 3 aromatic rings. The number of rotatable bonds is 8. The van der Waals surface area contributed by atoms with Crippen LogP contribution in [0.1, 0.15) is 54.3 Å². The van der Waals surface area contributed by atoms with Gasteiger partial charge in [-0.05, 0) is 61.6 Å². The highest BCUT2D eigenvalue weighted by molar-refractivity contribution is 7.98. The van der Waals surface area contributed by atoms with Crippen LogP contribution in [-0.4, -0.2) is 58.3 Å². The number of carbonyl (C=O) groups excluding carboxylic acids is 1. The Labute approximate surface area is 198 Å². The molecule has 0 saturated carbocycles. The maximum atomic E-state index is 13.2. The summed E-state index contributed by atoms with van der Waals surface area (Å²) in [6, 6.07) is 11.6. The molecule has 4 rings (SSSR count). The average Bonchev–Trinajstić information content (AvgIpc) is 3.06. The second kappa shape index (κ2) is 10.7. The fraction of sp³-hybridized carbons (Fsp3) is 0.435. The minimum atomic E-state index is -3.63. The van der Waals surface area contributed by atoms with Gasteiger partial charge in [0.05, 0.1) is 10.9 Å². The number of nitrogens with zero attached hydrogens (tertiary/aromatic N) is 4. The van der Waals surface area contributed by atoms with Crippen LogP contribution in [0.2, 0.25) is 0 Å². The monoisotopic (exact) mass is 487 g/mol. The molecule has 1 amide bonds. The van der Waals surface area contributed by atoms with Crippen LogP contribution in [0.15, 0.2) is 53.6 Å². The van der Waals surface area contributed by atoms with Crippen LogP contribution >= 0.6 is 11.8 Å². The molecule has 1 aliphatic heterocycles.